The van der Waals surface area contributed by atoms with Crippen LogP contribution in [-0.4, -0.2) is 18.0 Å². The van der Waals surface area contributed by atoms with Crippen molar-refractivity contribution in [3.63, 3.8) is 0 Å². The minimum Gasteiger partial charge on any atom is -0.326 e. The van der Waals surface area contributed by atoms with E-state index in [1.165, 1.54) is 44.3 Å². The average molecular weight is 264 g/mol. The fraction of sp³-hybridized carbons (Fsp3) is 0.625. The average Bonchev–Trinajstić information content (AvgIpc) is 2.43. The van der Waals surface area contributed by atoms with Gasteiger partial charge in [-0.25, -0.2) is 4.39 Å². The quantitative estimate of drug-likeness (QED) is 0.884. The lowest BCUT2D eigenvalue weighted by Gasteiger charge is -2.32. The number of benzene rings is 1. The van der Waals surface area contributed by atoms with E-state index in [4.69, 9.17) is 5.73 Å². The second-order valence-corrected chi connectivity index (χ2v) is 5.64. The van der Waals surface area contributed by atoms with Gasteiger partial charge in [0.25, 0.3) is 0 Å². The Hall–Kier alpha value is -0.930. The topological polar surface area (TPSA) is 29.3 Å². The van der Waals surface area contributed by atoms with Crippen LogP contribution in [0.4, 0.5) is 4.39 Å². The van der Waals surface area contributed by atoms with Gasteiger partial charge in [-0.2, -0.15) is 0 Å². The van der Waals surface area contributed by atoms with E-state index in [2.05, 4.69) is 11.8 Å². The maximum atomic E-state index is 13.4. The number of halogens is 1. The zero-order chi connectivity index (χ0) is 13.7. The van der Waals surface area contributed by atoms with E-state index in [0.717, 1.165) is 12.5 Å². The Morgan fingerprint density at radius 3 is 2.68 bits per heavy atom. The summed E-state index contributed by atoms with van der Waals surface area (Å²) in [6.07, 6.45) is 5.27. The van der Waals surface area contributed by atoms with E-state index in [1.54, 1.807) is 6.07 Å². The summed E-state index contributed by atoms with van der Waals surface area (Å²) in [5, 5.41) is 0. The first-order chi connectivity index (χ1) is 9.22. The van der Waals surface area contributed by atoms with Crippen LogP contribution < -0.4 is 5.73 Å². The van der Waals surface area contributed by atoms with Crippen LogP contribution in [0, 0.1) is 11.7 Å². The highest BCUT2D eigenvalue weighted by Gasteiger charge is 2.18. The van der Waals surface area contributed by atoms with Gasteiger partial charge in [-0.1, -0.05) is 31.9 Å². The molecule has 2 nitrogen and oxygen atoms in total. The van der Waals surface area contributed by atoms with Gasteiger partial charge in [-0.3, -0.25) is 4.90 Å². The van der Waals surface area contributed by atoms with E-state index >= 15 is 0 Å². The molecule has 1 aromatic rings. The molecule has 0 spiro atoms. The number of hydrogen-bond acceptors (Lipinski definition) is 2. The Kier molecular flexibility index (Phi) is 5.34. The molecule has 106 valence electrons. The summed E-state index contributed by atoms with van der Waals surface area (Å²) >= 11 is 0. The summed E-state index contributed by atoms with van der Waals surface area (Å²) in [4.78, 5) is 2.47. The Balaban J connectivity index is 1.88. The predicted octanol–water partition coefficient (Wildman–Crippen LogP) is 3.30. The maximum absolute atomic E-state index is 13.4. The summed E-state index contributed by atoms with van der Waals surface area (Å²) in [6.45, 7) is 5.80. The third-order valence-electron chi connectivity index (χ3n) is 4.14. The summed E-state index contributed by atoms with van der Waals surface area (Å²) in [5.74, 6) is 0.724. The van der Waals surface area contributed by atoms with Crippen LogP contribution >= 0.6 is 0 Å². The molecule has 0 bridgehead atoms. The van der Waals surface area contributed by atoms with Gasteiger partial charge < -0.3 is 5.73 Å². The maximum Gasteiger partial charge on any atom is 0.127 e. The fourth-order valence-corrected chi connectivity index (χ4v) is 2.98. The number of hydrogen-bond donors (Lipinski definition) is 1. The van der Waals surface area contributed by atoms with Gasteiger partial charge in [0.2, 0.25) is 0 Å². The van der Waals surface area contributed by atoms with Crippen molar-refractivity contribution in [2.45, 2.75) is 45.7 Å². The highest BCUT2D eigenvalue weighted by atomic mass is 19.1. The molecule has 19 heavy (non-hydrogen) atoms. The number of piperidine rings is 1. The minimum absolute atomic E-state index is 0.187. The van der Waals surface area contributed by atoms with Crippen molar-refractivity contribution in [1.82, 2.24) is 4.90 Å². The van der Waals surface area contributed by atoms with E-state index in [-0.39, 0.29) is 12.4 Å². The first-order valence-electron chi connectivity index (χ1n) is 7.42. The van der Waals surface area contributed by atoms with Crippen LogP contribution in [0.2, 0.25) is 0 Å². The molecule has 1 heterocycles. The minimum atomic E-state index is -0.187. The highest BCUT2D eigenvalue weighted by Crippen LogP contribution is 2.23. The molecule has 1 aliphatic heterocycles. The van der Waals surface area contributed by atoms with Crippen molar-refractivity contribution < 1.29 is 4.39 Å². The molecule has 1 aliphatic rings. The van der Waals surface area contributed by atoms with Crippen LogP contribution in [0.3, 0.4) is 0 Å². The van der Waals surface area contributed by atoms with Gasteiger partial charge in [0.15, 0.2) is 0 Å². The smallest absolute Gasteiger partial charge is 0.127 e. The van der Waals surface area contributed by atoms with Gasteiger partial charge >= 0.3 is 0 Å². The first kappa shape index (κ1) is 14.5. The predicted molar refractivity (Wildman–Crippen MR) is 77.2 cm³/mol. The molecule has 0 radical (unpaired) electrons. The molecule has 0 aliphatic carbocycles. The summed E-state index contributed by atoms with van der Waals surface area (Å²) in [6, 6.07) is 5.33. The lowest BCUT2D eigenvalue weighted by molar-refractivity contribution is 0.172. The monoisotopic (exact) mass is 264 g/mol. The third kappa shape index (κ3) is 4.02. The molecule has 0 amide bonds. The van der Waals surface area contributed by atoms with Crippen molar-refractivity contribution in [3.8, 4) is 0 Å². The largest absolute Gasteiger partial charge is 0.326 e. The van der Waals surface area contributed by atoms with Crippen molar-refractivity contribution in [2.75, 3.05) is 13.1 Å². The Labute approximate surface area is 115 Å². The van der Waals surface area contributed by atoms with Crippen LogP contribution in [0.25, 0.3) is 0 Å². The molecule has 0 aromatic heterocycles. The summed E-state index contributed by atoms with van der Waals surface area (Å²) in [5.41, 5.74) is 7.35. The molecule has 0 atom stereocenters. The summed E-state index contributed by atoms with van der Waals surface area (Å²) < 4.78 is 13.4. The SMILES string of the molecule is CCCC1CCN(Cc2ccc(F)c(CN)c2)CC1. The Bertz CT molecular complexity index is 398. The van der Waals surface area contributed by atoms with Crippen molar-refractivity contribution in [3.05, 3.63) is 35.1 Å². The van der Waals surface area contributed by atoms with Crippen LogP contribution in [0.15, 0.2) is 18.2 Å². The second-order valence-electron chi connectivity index (χ2n) is 5.64. The van der Waals surface area contributed by atoms with Crippen LogP contribution in [0.1, 0.15) is 43.7 Å². The number of rotatable bonds is 5. The molecule has 2 rings (SSSR count). The first-order valence-corrected chi connectivity index (χ1v) is 7.42. The van der Waals surface area contributed by atoms with Gasteiger partial charge in [0.05, 0.1) is 0 Å². The lowest BCUT2D eigenvalue weighted by Crippen LogP contribution is -2.33. The van der Waals surface area contributed by atoms with Crippen molar-refractivity contribution >= 4 is 0 Å². The van der Waals surface area contributed by atoms with E-state index in [1.807, 2.05) is 12.1 Å². The molecule has 1 fully saturated rings. The Morgan fingerprint density at radius 1 is 1.32 bits per heavy atom. The third-order valence-corrected chi connectivity index (χ3v) is 4.14. The van der Waals surface area contributed by atoms with Gasteiger partial charge in [0, 0.05) is 18.7 Å². The van der Waals surface area contributed by atoms with Crippen molar-refractivity contribution in [1.29, 1.82) is 0 Å². The second kappa shape index (κ2) is 7.01. The number of nitrogens with zero attached hydrogens (tertiary/aromatic N) is 1. The summed E-state index contributed by atoms with van der Waals surface area (Å²) in [7, 11) is 0. The molecule has 3 heteroatoms. The van der Waals surface area contributed by atoms with Gasteiger partial charge in [-0.15, -0.1) is 0 Å². The molecular weight excluding hydrogens is 239 g/mol. The zero-order valence-corrected chi connectivity index (χ0v) is 11.9. The van der Waals surface area contributed by atoms with E-state index in [9.17, 15) is 4.39 Å². The van der Waals surface area contributed by atoms with Crippen molar-refractivity contribution in [2.24, 2.45) is 11.7 Å². The fourth-order valence-electron chi connectivity index (χ4n) is 2.98. The van der Waals surface area contributed by atoms with Crippen LogP contribution in [-0.2, 0) is 13.1 Å². The molecule has 1 saturated heterocycles. The normalized spacial score (nSPS) is 17.8. The van der Waals surface area contributed by atoms with Crippen LogP contribution in [0.5, 0.6) is 0 Å². The van der Waals surface area contributed by atoms with E-state index < -0.39 is 0 Å². The van der Waals surface area contributed by atoms with Gasteiger partial charge in [-0.05, 0) is 43.5 Å². The Morgan fingerprint density at radius 2 is 2.05 bits per heavy atom. The molecule has 0 unspecified atom stereocenters. The highest BCUT2D eigenvalue weighted by molar-refractivity contribution is 5.25. The molecule has 1 aromatic carbocycles. The molecular formula is C16H25FN2. The molecule has 0 saturated carbocycles. The zero-order valence-electron chi connectivity index (χ0n) is 11.9. The van der Waals surface area contributed by atoms with Gasteiger partial charge in [0.1, 0.15) is 5.82 Å². The van der Waals surface area contributed by atoms with E-state index in [0.29, 0.717) is 5.56 Å². The number of likely N-dealkylation sites (tertiary alicyclic amines) is 1. The molecule has 2 N–H and O–H groups in total. The standard InChI is InChI=1S/C16H25FN2/c1-2-3-13-6-8-19(9-7-13)12-14-4-5-16(17)15(10-14)11-18/h4-5,10,13H,2-3,6-9,11-12,18H2,1H3. The number of nitrogens with two attached hydrogens (primary N) is 1. The lowest BCUT2D eigenvalue weighted by atomic mass is 9.92.